The lowest BCUT2D eigenvalue weighted by atomic mass is 9.96. The van der Waals surface area contributed by atoms with E-state index in [1.165, 1.54) is 5.57 Å². The second-order valence-corrected chi connectivity index (χ2v) is 9.18. The van der Waals surface area contributed by atoms with Crippen molar-refractivity contribution in [2.75, 3.05) is 0 Å². The minimum atomic E-state index is -0.100. The van der Waals surface area contributed by atoms with E-state index in [9.17, 15) is 10.1 Å². The van der Waals surface area contributed by atoms with Crippen LogP contribution >= 0.6 is 0 Å². The van der Waals surface area contributed by atoms with Crippen molar-refractivity contribution in [3.8, 4) is 6.07 Å². The van der Waals surface area contributed by atoms with E-state index in [0.29, 0.717) is 17.0 Å². The predicted octanol–water partition coefficient (Wildman–Crippen LogP) is 8.13. The molecule has 0 aliphatic carbocycles. The standard InChI is InChI=1S/C23H25N3O.C9H14/c1-4-26-15-20(19-13-17(14-24)10-11-22(19)26)23(27)25-21(12-16(2)3)18-8-6-5-7-9-18;1-4-6-8-9(3)7-5-2/h5-11,13,15-16,21H,4,12H2,1-3H3,(H,25,27);4-8H,1-3H3/b;6-4-,7-5-,9-8-. The molecule has 0 fully saturated rings. The van der Waals surface area contributed by atoms with Crippen LogP contribution in [0.3, 0.4) is 0 Å². The average molecular weight is 482 g/mol. The van der Waals surface area contributed by atoms with E-state index in [-0.39, 0.29) is 11.9 Å². The van der Waals surface area contributed by atoms with Crippen molar-refractivity contribution in [1.29, 1.82) is 5.26 Å². The Balaban J connectivity index is 0.000000434. The van der Waals surface area contributed by atoms with Gasteiger partial charge in [0.2, 0.25) is 0 Å². The maximum absolute atomic E-state index is 13.1. The third-order valence-corrected chi connectivity index (χ3v) is 5.79. The van der Waals surface area contributed by atoms with Gasteiger partial charge in [-0.15, -0.1) is 0 Å². The predicted molar refractivity (Wildman–Crippen MR) is 152 cm³/mol. The van der Waals surface area contributed by atoms with Crippen LogP contribution in [0.5, 0.6) is 0 Å². The molecule has 4 heteroatoms. The molecule has 0 saturated heterocycles. The van der Waals surface area contributed by atoms with E-state index in [1.54, 1.807) is 12.1 Å². The van der Waals surface area contributed by atoms with Gasteiger partial charge in [0, 0.05) is 23.6 Å². The van der Waals surface area contributed by atoms with Crippen LogP contribution in [-0.2, 0) is 6.54 Å². The Morgan fingerprint density at radius 3 is 2.42 bits per heavy atom. The van der Waals surface area contributed by atoms with E-state index in [1.807, 2.05) is 74.0 Å². The number of hydrogen-bond donors (Lipinski definition) is 1. The van der Waals surface area contributed by atoms with Crippen LogP contribution in [0.1, 0.15) is 75.5 Å². The Morgan fingerprint density at radius 2 is 1.83 bits per heavy atom. The van der Waals surface area contributed by atoms with E-state index in [4.69, 9.17) is 0 Å². The summed E-state index contributed by atoms with van der Waals surface area (Å²) in [5.74, 6) is 0.356. The van der Waals surface area contributed by atoms with Crippen LogP contribution in [0.15, 0.2) is 90.7 Å². The fraction of sp³-hybridized carbons (Fsp3) is 0.312. The number of allylic oxidation sites excluding steroid dienone is 6. The summed E-state index contributed by atoms with van der Waals surface area (Å²) in [7, 11) is 0. The first kappa shape index (κ1) is 28.4. The first-order valence-corrected chi connectivity index (χ1v) is 12.7. The zero-order valence-corrected chi connectivity index (χ0v) is 22.5. The highest BCUT2D eigenvalue weighted by Gasteiger charge is 2.20. The molecule has 36 heavy (non-hydrogen) atoms. The van der Waals surface area contributed by atoms with Crippen molar-refractivity contribution >= 4 is 16.8 Å². The van der Waals surface area contributed by atoms with Gasteiger partial charge in [0.05, 0.1) is 23.2 Å². The van der Waals surface area contributed by atoms with Gasteiger partial charge in [-0.25, -0.2) is 0 Å². The summed E-state index contributed by atoms with van der Waals surface area (Å²) in [5, 5.41) is 13.3. The molecule has 0 saturated carbocycles. The second-order valence-electron chi connectivity index (χ2n) is 9.18. The Hall–Kier alpha value is -3.84. The Kier molecular flexibility index (Phi) is 11.5. The van der Waals surface area contributed by atoms with Crippen LogP contribution in [0.2, 0.25) is 0 Å². The van der Waals surface area contributed by atoms with Gasteiger partial charge in [0.15, 0.2) is 0 Å². The van der Waals surface area contributed by atoms with Gasteiger partial charge in [-0.05, 0) is 63.8 Å². The van der Waals surface area contributed by atoms with Crippen molar-refractivity contribution in [3.63, 3.8) is 0 Å². The van der Waals surface area contributed by atoms with Crippen LogP contribution in [-0.4, -0.2) is 10.5 Å². The first-order chi connectivity index (χ1) is 17.3. The lowest BCUT2D eigenvalue weighted by Crippen LogP contribution is -2.29. The third-order valence-electron chi connectivity index (χ3n) is 5.79. The van der Waals surface area contributed by atoms with Gasteiger partial charge in [0.25, 0.3) is 5.91 Å². The summed E-state index contributed by atoms with van der Waals surface area (Å²) in [5.41, 5.74) is 4.55. The molecule has 0 aliphatic rings. The zero-order chi connectivity index (χ0) is 26.5. The normalized spacial score (nSPS) is 12.6. The molecule has 3 aromatic rings. The fourth-order valence-electron chi connectivity index (χ4n) is 4.05. The molecule has 1 amide bonds. The summed E-state index contributed by atoms with van der Waals surface area (Å²) in [4.78, 5) is 13.1. The van der Waals surface area contributed by atoms with Crippen LogP contribution in [0.4, 0.5) is 0 Å². The molecular weight excluding hydrogens is 442 g/mol. The van der Waals surface area contributed by atoms with Crippen molar-refractivity contribution in [3.05, 3.63) is 107 Å². The minimum absolute atomic E-state index is 0.0436. The summed E-state index contributed by atoms with van der Waals surface area (Å²) < 4.78 is 2.05. The largest absolute Gasteiger partial charge is 0.347 e. The number of nitrogens with zero attached hydrogens (tertiary/aromatic N) is 2. The Bertz CT molecular complexity index is 1250. The highest BCUT2D eigenvalue weighted by atomic mass is 16.1. The molecule has 3 rings (SSSR count). The number of rotatable bonds is 8. The summed E-state index contributed by atoms with van der Waals surface area (Å²) in [6, 6.07) is 17.7. The molecule has 4 nitrogen and oxygen atoms in total. The third kappa shape index (κ3) is 8.13. The number of aryl methyl sites for hydroxylation is 1. The molecule has 1 heterocycles. The van der Waals surface area contributed by atoms with E-state index in [2.05, 4.69) is 56.4 Å². The summed E-state index contributed by atoms with van der Waals surface area (Å²) in [6.45, 7) is 13.2. The molecule has 188 valence electrons. The molecule has 1 N–H and O–H groups in total. The number of carbonyl (C=O) groups excluding carboxylic acids is 1. The van der Waals surface area contributed by atoms with Crippen LogP contribution < -0.4 is 5.32 Å². The molecule has 0 radical (unpaired) electrons. The fourth-order valence-corrected chi connectivity index (χ4v) is 4.05. The Morgan fingerprint density at radius 1 is 1.11 bits per heavy atom. The maximum atomic E-state index is 13.1. The topological polar surface area (TPSA) is 57.8 Å². The minimum Gasteiger partial charge on any atom is -0.347 e. The number of aromatic nitrogens is 1. The van der Waals surface area contributed by atoms with E-state index in [0.717, 1.165) is 29.4 Å². The maximum Gasteiger partial charge on any atom is 0.253 e. The molecule has 1 aromatic heterocycles. The second kappa shape index (κ2) is 14.5. The van der Waals surface area contributed by atoms with Gasteiger partial charge in [-0.2, -0.15) is 5.26 Å². The quantitative estimate of drug-likeness (QED) is 0.330. The van der Waals surface area contributed by atoms with Gasteiger partial charge < -0.3 is 9.88 Å². The molecule has 0 aliphatic heterocycles. The smallest absolute Gasteiger partial charge is 0.253 e. The van der Waals surface area contributed by atoms with Crippen molar-refractivity contribution in [1.82, 2.24) is 9.88 Å². The lowest BCUT2D eigenvalue weighted by molar-refractivity contribution is 0.0933. The monoisotopic (exact) mass is 481 g/mol. The summed E-state index contributed by atoms with van der Waals surface area (Å²) in [6.07, 6.45) is 13.0. The highest BCUT2D eigenvalue weighted by Crippen LogP contribution is 2.26. The van der Waals surface area contributed by atoms with Crippen LogP contribution in [0, 0.1) is 17.2 Å². The number of amides is 1. The van der Waals surface area contributed by atoms with Gasteiger partial charge in [0.1, 0.15) is 0 Å². The number of carbonyl (C=O) groups is 1. The number of nitriles is 1. The van der Waals surface area contributed by atoms with Crippen molar-refractivity contribution < 1.29 is 4.79 Å². The molecular formula is C32H39N3O. The molecule has 0 bridgehead atoms. The van der Waals surface area contributed by atoms with Crippen molar-refractivity contribution in [2.24, 2.45) is 5.92 Å². The van der Waals surface area contributed by atoms with Crippen LogP contribution in [0.25, 0.3) is 10.9 Å². The number of nitrogens with one attached hydrogen (secondary N) is 1. The van der Waals surface area contributed by atoms with E-state index < -0.39 is 0 Å². The summed E-state index contributed by atoms with van der Waals surface area (Å²) >= 11 is 0. The molecule has 1 atom stereocenters. The SMILES string of the molecule is CCn1cc(C(=O)NC(CC(C)C)c2ccccc2)c2cc(C#N)ccc21.C\C=C/C=C(C)\C=C/C. The first-order valence-electron chi connectivity index (χ1n) is 12.7. The number of hydrogen-bond acceptors (Lipinski definition) is 2. The van der Waals surface area contributed by atoms with Gasteiger partial charge in [-0.1, -0.05) is 80.1 Å². The molecule has 0 spiro atoms. The Labute approximate surface area is 216 Å². The molecule has 1 unspecified atom stereocenters. The van der Waals surface area contributed by atoms with E-state index >= 15 is 0 Å². The number of benzene rings is 2. The number of fused-ring (bicyclic) bond motifs is 1. The van der Waals surface area contributed by atoms with Crippen molar-refractivity contribution in [2.45, 2.75) is 60.5 Å². The average Bonchev–Trinajstić information content (AvgIpc) is 3.26. The zero-order valence-electron chi connectivity index (χ0n) is 22.5. The lowest BCUT2D eigenvalue weighted by Gasteiger charge is -2.21. The molecule has 2 aromatic carbocycles. The highest BCUT2D eigenvalue weighted by molar-refractivity contribution is 6.07. The van der Waals surface area contributed by atoms with Gasteiger partial charge >= 0.3 is 0 Å². The van der Waals surface area contributed by atoms with Gasteiger partial charge in [-0.3, -0.25) is 4.79 Å².